The van der Waals surface area contributed by atoms with Gasteiger partial charge in [-0.25, -0.2) is 4.98 Å². The number of benzene rings is 1. The Bertz CT molecular complexity index is 933. The minimum atomic E-state index is -0.476. The maximum Gasteiger partial charge on any atom is 0.299 e. The van der Waals surface area contributed by atoms with Crippen LogP contribution in [0.5, 0.6) is 0 Å². The molecule has 21 heavy (non-hydrogen) atoms. The van der Waals surface area contributed by atoms with Crippen molar-refractivity contribution in [1.29, 1.82) is 0 Å². The fraction of sp³-hybridized carbons (Fsp3) is 0.0667. The van der Waals surface area contributed by atoms with Gasteiger partial charge < -0.3 is 9.77 Å². The molecule has 0 bridgehead atoms. The summed E-state index contributed by atoms with van der Waals surface area (Å²) >= 11 is 0. The maximum atomic E-state index is 12.2. The van der Waals surface area contributed by atoms with Crippen LogP contribution < -0.4 is 11.0 Å². The highest BCUT2D eigenvalue weighted by molar-refractivity contribution is 5.91. The molecule has 2 heterocycles. The molecule has 0 atom stereocenters. The van der Waals surface area contributed by atoms with E-state index in [4.69, 9.17) is 5.21 Å². The third-order valence-electron chi connectivity index (χ3n) is 3.27. The number of rotatable bonds is 1. The number of aromatic nitrogens is 3. The van der Waals surface area contributed by atoms with Gasteiger partial charge in [-0.15, -0.1) is 0 Å². The summed E-state index contributed by atoms with van der Waals surface area (Å²) in [5.74, 6) is 0. The van der Waals surface area contributed by atoms with Crippen LogP contribution in [0.15, 0.2) is 58.7 Å². The number of hydrogen-bond donors (Lipinski definition) is 1. The molecule has 3 aromatic rings. The molecule has 0 aliphatic carbocycles. The molecule has 6 heteroatoms. The smallest absolute Gasteiger partial charge is 0.299 e. The van der Waals surface area contributed by atoms with Gasteiger partial charge >= 0.3 is 0 Å². The number of pyridine rings is 1. The quantitative estimate of drug-likeness (QED) is 0.538. The van der Waals surface area contributed by atoms with E-state index in [2.05, 4.69) is 15.1 Å². The van der Waals surface area contributed by atoms with Crippen LogP contribution in [0.4, 0.5) is 0 Å². The lowest BCUT2D eigenvalue weighted by Gasteiger charge is -2.02. The summed E-state index contributed by atoms with van der Waals surface area (Å²) in [4.78, 5) is 20.6. The van der Waals surface area contributed by atoms with Gasteiger partial charge in [-0.1, -0.05) is 35.5 Å². The molecular formula is C15H12N4O2. The predicted octanol–water partition coefficient (Wildman–Crippen LogP) is 1.29. The van der Waals surface area contributed by atoms with Crippen LogP contribution in [-0.4, -0.2) is 19.7 Å². The van der Waals surface area contributed by atoms with Crippen molar-refractivity contribution in [1.82, 2.24) is 14.5 Å². The molecular weight excluding hydrogens is 268 g/mol. The molecule has 6 nitrogen and oxygen atoms in total. The van der Waals surface area contributed by atoms with Crippen LogP contribution in [0.25, 0.3) is 22.2 Å². The molecule has 0 aliphatic rings. The van der Waals surface area contributed by atoms with Crippen LogP contribution in [0, 0.1) is 0 Å². The normalized spacial score (nSPS) is 11.8. The van der Waals surface area contributed by atoms with Crippen LogP contribution in [0.2, 0.25) is 0 Å². The van der Waals surface area contributed by atoms with Gasteiger partial charge in [0.2, 0.25) is 0 Å². The van der Waals surface area contributed by atoms with E-state index in [0.29, 0.717) is 16.6 Å². The molecule has 1 aromatic carbocycles. The summed E-state index contributed by atoms with van der Waals surface area (Å²) < 4.78 is 1.39. The number of fused-ring (bicyclic) bond motifs is 1. The SMILES string of the molecule is Cn1c(=O)/c(=N/O)nc(-c2ccccc2)c2cnccc21. The molecule has 0 saturated carbocycles. The van der Waals surface area contributed by atoms with Gasteiger partial charge in [-0.2, -0.15) is 0 Å². The Kier molecular flexibility index (Phi) is 3.19. The first-order valence-corrected chi connectivity index (χ1v) is 6.31. The van der Waals surface area contributed by atoms with Gasteiger partial charge in [-0.3, -0.25) is 9.78 Å². The molecule has 0 radical (unpaired) electrons. The fourth-order valence-corrected chi connectivity index (χ4v) is 2.22. The second kappa shape index (κ2) is 5.16. The second-order valence-corrected chi connectivity index (χ2v) is 4.51. The van der Waals surface area contributed by atoms with Crippen molar-refractivity contribution in [2.75, 3.05) is 0 Å². The number of hydrogen-bond acceptors (Lipinski definition) is 5. The van der Waals surface area contributed by atoms with E-state index in [-0.39, 0.29) is 5.49 Å². The summed E-state index contributed by atoms with van der Waals surface area (Å²) in [5.41, 5.74) is 1.29. The van der Waals surface area contributed by atoms with Gasteiger partial charge in [0.25, 0.3) is 11.0 Å². The topological polar surface area (TPSA) is 80.4 Å². The zero-order valence-corrected chi connectivity index (χ0v) is 11.3. The van der Waals surface area contributed by atoms with Crippen molar-refractivity contribution in [3.63, 3.8) is 0 Å². The molecule has 104 valence electrons. The average Bonchev–Trinajstić information content (AvgIpc) is 2.65. The minimum Gasteiger partial charge on any atom is -0.409 e. The molecule has 1 N–H and O–H groups in total. The van der Waals surface area contributed by atoms with E-state index in [1.54, 1.807) is 25.5 Å². The van der Waals surface area contributed by atoms with Crippen LogP contribution in [0.3, 0.4) is 0 Å². The molecule has 0 saturated heterocycles. The minimum absolute atomic E-state index is 0.257. The van der Waals surface area contributed by atoms with Crippen LogP contribution >= 0.6 is 0 Å². The summed E-state index contributed by atoms with van der Waals surface area (Å²) in [6.45, 7) is 0. The summed E-state index contributed by atoms with van der Waals surface area (Å²) in [6.07, 6.45) is 3.25. The molecule has 2 aromatic heterocycles. The highest BCUT2D eigenvalue weighted by Gasteiger charge is 2.09. The molecule has 0 fully saturated rings. The lowest BCUT2D eigenvalue weighted by molar-refractivity contribution is 0.297. The molecule has 3 rings (SSSR count). The predicted molar refractivity (Wildman–Crippen MR) is 77.6 cm³/mol. The highest BCUT2D eigenvalue weighted by Crippen LogP contribution is 2.22. The maximum absolute atomic E-state index is 12.2. The van der Waals surface area contributed by atoms with E-state index < -0.39 is 5.56 Å². The van der Waals surface area contributed by atoms with Gasteiger partial charge in [0.1, 0.15) is 0 Å². The Hall–Kier alpha value is -3.02. The van der Waals surface area contributed by atoms with E-state index in [0.717, 1.165) is 5.56 Å². The molecule has 0 aliphatic heterocycles. The lowest BCUT2D eigenvalue weighted by atomic mass is 10.1. The van der Waals surface area contributed by atoms with E-state index in [1.807, 2.05) is 30.3 Å². The monoisotopic (exact) mass is 280 g/mol. The summed E-state index contributed by atoms with van der Waals surface area (Å²) in [5, 5.41) is 12.8. The number of aryl methyl sites for hydroxylation is 1. The summed E-state index contributed by atoms with van der Waals surface area (Å²) in [7, 11) is 1.61. The first-order valence-electron chi connectivity index (χ1n) is 6.31. The van der Waals surface area contributed by atoms with Gasteiger partial charge in [0.05, 0.1) is 11.2 Å². The largest absolute Gasteiger partial charge is 0.409 e. The Morgan fingerprint density at radius 2 is 1.95 bits per heavy atom. The highest BCUT2D eigenvalue weighted by atomic mass is 16.4. The Balaban J connectivity index is 2.60. The van der Waals surface area contributed by atoms with Crippen molar-refractivity contribution in [2.24, 2.45) is 12.2 Å². The van der Waals surface area contributed by atoms with Crippen LogP contribution in [-0.2, 0) is 7.05 Å². The van der Waals surface area contributed by atoms with E-state index in [1.165, 1.54) is 4.57 Å². The van der Waals surface area contributed by atoms with Gasteiger partial charge in [-0.05, 0) is 6.07 Å². The molecule has 0 amide bonds. The Morgan fingerprint density at radius 3 is 2.67 bits per heavy atom. The zero-order valence-electron chi connectivity index (χ0n) is 11.3. The molecule has 0 unspecified atom stereocenters. The number of nitrogens with zero attached hydrogens (tertiary/aromatic N) is 4. The second-order valence-electron chi connectivity index (χ2n) is 4.51. The van der Waals surface area contributed by atoms with Crippen LogP contribution in [0.1, 0.15) is 0 Å². The third-order valence-corrected chi connectivity index (χ3v) is 3.27. The van der Waals surface area contributed by atoms with Crippen molar-refractivity contribution in [2.45, 2.75) is 0 Å². The standard InChI is InChI=1S/C15H12N4O2/c1-19-12-7-8-16-9-11(12)13(10-5-3-2-4-6-10)17-14(18-21)15(19)20/h2-9,21H,1H3/b18-14-. The summed E-state index contributed by atoms with van der Waals surface area (Å²) in [6, 6.07) is 11.1. The first kappa shape index (κ1) is 13.0. The van der Waals surface area contributed by atoms with Gasteiger partial charge in [0.15, 0.2) is 0 Å². The Labute approximate surface area is 119 Å². The first-order chi connectivity index (χ1) is 10.2. The van der Waals surface area contributed by atoms with E-state index >= 15 is 0 Å². The van der Waals surface area contributed by atoms with E-state index in [9.17, 15) is 4.79 Å². The van der Waals surface area contributed by atoms with Crippen molar-refractivity contribution < 1.29 is 5.21 Å². The molecule has 0 spiro atoms. The Morgan fingerprint density at radius 1 is 1.19 bits per heavy atom. The van der Waals surface area contributed by atoms with Crippen molar-refractivity contribution >= 4 is 10.9 Å². The average molecular weight is 280 g/mol. The zero-order chi connectivity index (χ0) is 14.8. The fourth-order valence-electron chi connectivity index (χ4n) is 2.22. The lowest BCUT2D eigenvalue weighted by Crippen LogP contribution is -2.32. The van der Waals surface area contributed by atoms with Crippen molar-refractivity contribution in [3.8, 4) is 11.3 Å². The van der Waals surface area contributed by atoms with Crippen molar-refractivity contribution in [3.05, 3.63) is 64.6 Å². The third kappa shape index (κ3) is 2.16. The van der Waals surface area contributed by atoms with Gasteiger partial charge in [0, 0.05) is 30.4 Å².